The van der Waals surface area contributed by atoms with E-state index in [0.717, 1.165) is 44.1 Å². The summed E-state index contributed by atoms with van der Waals surface area (Å²) in [6.07, 6.45) is 6.43. The highest BCUT2D eigenvalue weighted by atomic mass is 19.4. The molecular formula is C25H34F3N5O. The van der Waals surface area contributed by atoms with E-state index in [-0.39, 0.29) is 23.7 Å². The van der Waals surface area contributed by atoms with Crippen LogP contribution in [0.25, 0.3) is 5.82 Å². The molecule has 2 fully saturated rings. The van der Waals surface area contributed by atoms with Gasteiger partial charge in [0.1, 0.15) is 0 Å². The number of halogens is 3. The van der Waals surface area contributed by atoms with Gasteiger partial charge in [0.05, 0.1) is 23.0 Å². The lowest BCUT2D eigenvalue weighted by Gasteiger charge is -2.35. The number of likely N-dealkylation sites (tertiary alicyclic amines) is 1. The zero-order valence-electron chi connectivity index (χ0n) is 19.9. The molecule has 3 heterocycles. The average molecular weight is 478 g/mol. The Balaban J connectivity index is 1.39. The predicted molar refractivity (Wildman–Crippen MR) is 124 cm³/mol. The predicted octanol–water partition coefficient (Wildman–Crippen LogP) is 5.18. The van der Waals surface area contributed by atoms with Gasteiger partial charge in [-0.1, -0.05) is 33.1 Å². The van der Waals surface area contributed by atoms with Crippen LogP contribution in [0.4, 0.5) is 13.2 Å². The summed E-state index contributed by atoms with van der Waals surface area (Å²) in [6, 6.07) is 2.38. The van der Waals surface area contributed by atoms with Crippen molar-refractivity contribution in [1.29, 1.82) is 0 Å². The van der Waals surface area contributed by atoms with Gasteiger partial charge in [-0.25, -0.2) is 9.67 Å². The lowest BCUT2D eigenvalue weighted by molar-refractivity contribution is -0.137. The van der Waals surface area contributed by atoms with Gasteiger partial charge in [-0.05, 0) is 49.7 Å². The Bertz CT molecular complexity index is 956. The maximum atomic E-state index is 13.1. The van der Waals surface area contributed by atoms with E-state index in [2.05, 4.69) is 20.3 Å². The van der Waals surface area contributed by atoms with E-state index >= 15 is 0 Å². The Morgan fingerprint density at radius 1 is 1.09 bits per heavy atom. The Morgan fingerprint density at radius 3 is 2.38 bits per heavy atom. The molecule has 1 saturated heterocycles. The lowest BCUT2D eigenvalue weighted by atomic mass is 9.88. The van der Waals surface area contributed by atoms with Crippen LogP contribution >= 0.6 is 0 Å². The van der Waals surface area contributed by atoms with E-state index in [0.29, 0.717) is 11.3 Å². The number of hydrogen-bond donors (Lipinski definition) is 1. The Morgan fingerprint density at radius 2 is 1.79 bits per heavy atom. The molecule has 2 aliphatic rings. The molecule has 1 saturated carbocycles. The van der Waals surface area contributed by atoms with Gasteiger partial charge in [-0.15, -0.1) is 0 Å². The number of alkyl halides is 3. The standard InChI is InChI=1S/C25H34F3N5O/c1-17(2)23-21(15-30-33(23)22-9-8-19(14-29-22)25(26,27)28)24(34)31-20-10-12-32(13-11-20)16-18-6-4-3-5-7-18/h8-9,14-15,17-18,20H,3-7,10-13,16H2,1-2H3,(H,31,34). The second kappa shape index (κ2) is 10.5. The second-order valence-corrected chi connectivity index (χ2v) is 9.97. The van der Waals surface area contributed by atoms with Gasteiger partial charge in [0.2, 0.25) is 0 Å². The molecule has 1 aliphatic carbocycles. The summed E-state index contributed by atoms with van der Waals surface area (Å²) >= 11 is 0. The van der Waals surface area contributed by atoms with Crippen LogP contribution in [0.5, 0.6) is 0 Å². The van der Waals surface area contributed by atoms with E-state index in [4.69, 9.17) is 0 Å². The highest BCUT2D eigenvalue weighted by Crippen LogP contribution is 2.30. The molecule has 0 spiro atoms. The maximum absolute atomic E-state index is 13.1. The van der Waals surface area contributed by atoms with Gasteiger partial charge in [0.15, 0.2) is 5.82 Å². The minimum Gasteiger partial charge on any atom is -0.349 e. The number of pyridine rings is 1. The zero-order valence-corrected chi connectivity index (χ0v) is 19.9. The van der Waals surface area contributed by atoms with Crippen LogP contribution in [-0.2, 0) is 6.18 Å². The van der Waals surface area contributed by atoms with Gasteiger partial charge in [0, 0.05) is 31.9 Å². The van der Waals surface area contributed by atoms with E-state index in [1.165, 1.54) is 55.6 Å². The largest absolute Gasteiger partial charge is 0.417 e. The van der Waals surface area contributed by atoms with Gasteiger partial charge < -0.3 is 10.2 Å². The minimum atomic E-state index is -4.45. The smallest absolute Gasteiger partial charge is 0.349 e. The van der Waals surface area contributed by atoms with Crippen LogP contribution in [-0.4, -0.2) is 51.2 Å². The van der Waals surface area contributed by atoms with Crippen molar-refractivity contribution >= 4 is 5.91 Å². The number of amides is 1. The molecule has 9 heteroatoms. The third-order valence-electron chi connectivity index (χ3n) is 7.05. The molecular weight excluding hydrogens is 443 g/mol. The highest BCUT2D eigenvalue weighted by molar-refractivity contribution is 5.95. The van der Waals surface area contributed by atoms with Crippen LogP contribution in [0.15, 0.2) is 24.5 Å². The van der Waals surface area contributed by atoms with Crippen molar-refractivity contribution in [3.05, 3.63) is 41.3 Å². The molecule has 2 aromatic rings. The van der Waals surface area contributed by atoms with E-state index in [1.807, 2.05) is 13.8 Å². The van der Waals surface area contributed by atoms with Crippen molar-refractivity contribution in [2.75, 3.05) is 19.6 Å². The average Bonchev–Trinajstić information content (AvgIpc) is 3.26. The molecule has 0 radical (unpaired) electrons. The SMILES string of the molecule is CC(C)c1c(C(=O)NC2CCN(CC3CCCCC3)CC2)cnn1-c1ccc(C(F)(F)F)cn1. The van der Waals surface area contributed by atoms with Crippen molar-refractivity contribution in [1.82, 2.24) is 25.0 Å². The first-order valence-electron chi connectivity index (χ1n) is 12.4. The number of piperidine rings is 1. The van der Waals surface area contributed by atoms with Crippen LogP contribution in [0.3, 0.4) is 0 Å². The fourth-order valence-corrected chi connectivity index (χ4v) is 5.21. The summed E-state index contributed by atoms with van der Waals surface area (Å²) in [4.78, 5) is 19.6. The van der Waals surface area contributed by atoms with Crippen LogP contribution in [0.1, 0.15) is 86.3 Å². The number of nitrogens with zero attached hydrogens (tertiary/aromatic N) is 4. The summed E-state index contributed by atoms with van der Waals surface area (Å²) in [7, 11) is 0. The third-order valence-corrected chi connectivity index (χ3v) is 7.05. The Kier molecular flexibility index (Phi) is 7.60. The monoisotopic (exact) mass is 477 g/mol. The first-order valence-corrected chi connectivity index (χ1v) is 12.4. The maximum Gasteiger partial charge on any atom is 0.417 e. The topological polar surface area (TPSA) is 63.1 Å². The molecule has 0 bridgehead atoms. The summed E-state index contributed by atoms with van der Waals surface area (Å²) in [6.45, 7) is 7.02. The number of hydrogen-bond acceptors (Lipinski definition) is 4. The number of carbonyl (C=O) groups excluding carboxylic acids is 1. The van der Waals surface area contributed by atoms with Gasteiger partial charge in [-0.2, -0.15) is 18.3 Å². The Labute approximate surface area is 198 Å². The first kappa shape index (κ1) is 24.7. The number of nitrogens with one attached hydrogen (secondary N) is 1. The molecule has 1 amide bonds. The molecule has 34 heavy (non-hydrogen) atoms. The van der Waals surface area contributed by atoms with Crippen LogP contribution < -0.4 is 5.32 Å². The normalized spacial score (nSPS) is 19.0. The quantitative estimate of drug-likeness (QED) is 0.623. The molecule has 6 nitrogen and oxygen atoms in total. The Hall–Kier alpha value is -2.42. The van der Waals surface area contributed by atoms with Crippen molar-refractivity contribution in [2.45, 2.75) is 76.9 Å². The van der Waals surface area contributed by atoms with E-state index in [1.54, 1.807) is 0 Å². The van der Waals surface area contributed by atoms with Gasteiger partial charge in [0.25, 0.3) is 5.91 Å². The number of carbonyl (C=O) groups is 1. The van der Waals surface area contributed by atoms with Gasteiger partial charge in [-0.3, -0.25) is 4.79 Å². The summed E-state index contributed by atoms with van der Waals surface area (Å²) < 4.78 is 40.1. The summed E-state index contributed by atoms with van der Waals surface area (Å²) in [5.74, 6) is 0.821. The van der Waals surface area contributed by atoms with Crippen molar-refractivity contribution in [2.24, 2.45) is 5.92 Å². The molecule has 0 aromatic carbocycles. The van der Waals surface area contributed by atoms with E-state index in [9.17, 15) is 18.0 Å². The molecule has 2 aromatic heterocycles. The number of aromatic nitrogens is 3. The molecule has 1 aliphatic heterocycles. The van der Waals surface area contributed by atoms with Crippen molar-refractivity contribution < 1.29 is 18.0 Å². The highest BCUT2D eigenvalue weighted by Gasteiger charge is 2.31. The fraction of sp³-hybridized carbons (Fsp3) is 0.640. The van der Waals surface area contributed by atoms with Crippen LogP contribution in [0.2, 0.25) is 0 Å². The summed E-state index contributed by atoms with van der Waals surface area (Å²) in [5.41, 5.74) is 0.267. The third kappa shape index (κ3) is 5.79. The van der Waals surface area contributed by atoms with Crippen molar-refractivity contribution in [3.63, 3.8) is 0 Å². The molecule has 0 atom stereocenters. The molecule has 186 valence electrons. The van der Waals surface area contributed by atoms with Gasteiger partial charge >= 0.3 is 6.18 Å². The molecule has 1 N–H and O–H groups in total. The molecule has 0 unspecified atom stereocenters. The van der Waals surface area contributed by atoms with Crippen LogP contribution in [0, 0.1) is 5.92 Å². The summed E-state index contributed by atoms with van der Waals surface area (Å²) in [5, 5.41) is 7.45. The van der Waals surface area contributed by atoms with Crippen molar-refractivity contribution in [3.8, 4) is 5.82 Å². The zero-order chi connectivity index (χ0) is 24.3. The van der Waals surface area contributed by atoms with E-state index < -0.39 is 11.7 Å². The molecule has 4 rings (SSSR count). The number of rotatable bonds is 6. The fourth-order valence-electron chi connectivity index (χ4n) is 5.21. The lowest BCUT2D eigenvalue weighted by Crippen LogP contribution is -2.46. The second-order valence-electron chi connectivity index (χ2n) is 9.97. The minimum absolute atomic E-state index is 0.0651. The first-order chi connectivity index (χ1) is 16.2.